The van der Waals surface area contributed by atoms with Gasteiger partial charge in [-0.05, 0) is 46.3 Å². The smallest absolute Gasteiger partial charge is 0.194 e. The Morgan fingerprint density at radius 1 is 1.05 bits per heavy atom. The summed E-state index contributed by atoms with van der Waals surface area (Å²) in [6.07, 6.45) is 4.96. The van der Waals surface area contributed by atoms with Crippen molar-refractivity contribution in [1.29, 1.82) is 0 Å². The van der Waals surface area contributed by atoms with Crippen molar-refractivity contribution in [3.8, 4) is 0 Å². The number of pyridine rings is 2. The zero-order valence-corrected chi connectivity index (χ0v) is 11.5. The molecule has 3 rings (SSSR count). The molecule has 3 nitrogen and oxygen atoms in total. The highest BCUT2D eigenvalue weighted by Crippen LogP contribution is 2.18. The Morgan fingerprint density at radius 2 is 1.95 bits per heavy atom. The van der Waals surface area contributed by atoms with Gasteiger partial charge in [0.1, 0.15) is 0 Å². The monoisotopic (exact) mass is 312 g/mol. The Labute approximate surface area is 118 Å². The third-order valence-corrected chi connectivity index (χ3v) is 3.27. The molecule has 0 saturated heterocycles. The maximum absolute atomic E-state index is 12.4. The van der Waals surface area contributed by atoms with Gasteiger partial charge in [-0.25, -0.2) is 0 Å². The van der Waals surface area contributed by atoms with E-state index in [2.05, 4.69) is 25.9 Å². The highest BCUT2D eigenvalue weighted by molar-refractivity contribution is 9.10. The van der Waals surface area contributed by atoms with E-state index in [-0.39, 0.29) is 5.78 Å². The summed E-state index contributed by atoms with van der Waals surface area (Å²) in [6.45, 7) is 0. The number of hydrogen-bond donors (Lipinski definition) is 0. The van der Waals surface area contributed by atoms with E-state index in [1.54, 1.807) is 30.7 Å². The lowest BCUT2D eigenvalue weighted by molar-refractivity contribution is 0.103. The van der Waals surface area contributed by atoms with Gasteiger partial charge in [-0.1, -0.05) is 6.07 Å². The third kappa shape index (κ3) is 2.39. The lowest BCUT2D eigenvalue weighted by Gasteiger charge is -2.03. The summed E-state index contributed by atoms with van der Waals surface area (Å²) in [6, 6.07) is 11.1. The van der Waals surface area contributed by atoms with Crippen molar-refractivity contribution in [2.45, 2.75) is 0 Å². The molecule has 0 fully saturated rings. The zero-order valence-electron chi connectivity index (χ0n) is 9.88. The maximum atomic E-state index is 12.4. The first-order valence-corrected chi connectivity index (χ1v) is 6.53. The predicted molar refractivity (Wildman–Crippen MR) is 77.1 cm³/mol. The molecular weight excluding hydrogens is 304 g/mol. The summed E-state index contributed by atoms with van der Waals surface area (Å²) in [5.74, 6) is -0.0421. The van der Waals surface area contributed by atoms with Gasteiger partial charge in [0.15, 0.2) is 5.78 Å². The topological polar surface area (TPSA) is 42.9 Å². The fourth-order valence-corrected chi connectivity index (χ4v) is 2.28. The van der Waals surface area contributed by atoms with Crippen molar-refractivity contribution < 1.29 is 4.79 Å². The molecule has 3 aromatic rings. The Kier molecular flexibility index (Phi) is 3.09. The summed E-state index contributed by atoms with van der Waals surface area (Å²) in [5.41, 5.74) is 2.09. The first-order valence-electron chi connectivity index (χ1n) is 5.74. The van der Waals surface area contributed by atoms with E-state index in [4.69, 9.17) is 0 Å². The molecular formula is C15H9BrN2O. The van der Waals surface area contributed by atoms with Gasteiger partial charge in [0, 0.05) is 39.6 Å². The molecule has 0 atom stereocenters. The minimum Gasteiger partial charge on any atom is -0.289 e. The largest absolute Gasteiger partial charge is 0.289 e. The lowest BCUT2D eigenvalue weighted by atomic mass is 10.0. The molecule has 19 heavy (non-hydrogen) atoms. The number of halogens is 1. The van der Waals surface area contributed by atoms with Crippen molar-refractivity contribution in [3.63, 3.8) is 0 Å². The molecule has 0 aliphatic carbocycles. The first-order chi connectivity index (χ1) is 9.24. The fraction of sp³-hybridized carbons (Fsp3) is 0. The molecule has 0 spiro atoms. The van der Waals surface area contributed by atoms with E-state index < -0.39 is 0 Å². The molecule has 0 saturated carbocycles. The third-order valence-electron chi connectivity index (χ3n) is 2.83. The SMILES string of the molecule is O=C(c1cncc(Br)c1)c1ccc2ncccc2c1. The molecule has 1 aromatic carbocycles. The van der Waals surface area contributed by atoms with Crippen molar-refractivity contribution >= 4 is 32.6 Å². The molecule has 0 bridgehead atoms. The second kappa shape index (κ2) is 4.90. The molecule has 0 aliphatic heterocycles. The van der Waals surface area contributed by atoms with Crippen LogP contribution >= 0.6 is 15.9 Å². The Hall–Kier alpha value is -2.07. The lowest BCUT2D eigenvalue weighted by Crippen LogP contribution is -2.01. The molecule has 2 aromatic heterocycles. The first kappa shape index (κ1) is 12.0. The van der Waals surface area contributed by atoms with E-state index in [9.17, 15) is 4.79 Å². The predicted octanol–water partition coefficient (Wildman–Crippen LogP) is 3.62. The van der Waals surface area contributed by atoms with E-state index >= 15 is 0 Å². The Morgan fingerprint density at radius 3 is 2.79 bits per heavy atom. The molecule has 2 heterocycles. The zero-order chi connectivity index (χ0) is 13.2. The highest BCUT2D eigenvalue weighted by Gasteiger charge is 2.10. The summed E-state index contributed by atoms with van der Waals surface area (Å²) >= 11 is 3.32. The molecule has 0 unspecified atom stereocenters. The van der Waals surface area contributed by atoms with E-state index in [0.717, 1.165) is 15.4 Å². The number of fused-ring (bicyclic) bond motifs is 1. The minimum absolute atomic E-state index is 0.0421. The van der Waals surface area contributed by atoms with Crippen LogP contribution in [-0.4, -0.2) is 15.8 Å². The summed E-state index contributed by atoms with van der Waals surface area (Å²) in [5, 5.41) is 0.955. The van der Waals surface area contributed by atoms with Crippen LogP contribution in [0.4, 0.5) is 0 Å². The summed E-state index contributed by atoms with van der Waals surface area (Å²) in [7, 11) is 0. The number of benzene rings is 1. The van der Waals surface area contributed by atoms with Crippen molar-refractivity contribution in [3.05, 3.63) is 70.6 Å². The standard InChI is InChI=1S/C15H9BrN2O/c16-13-7-12(8-17-9-13)15(19)11-3-4-14-10(6-11)2-1-5-18-14/h1-9H. The summed E-state index contributed by atoms with van der Waals surface area (Å²) in [4.78, 5) is 20.6. The molecule has 0 radical (unpaired) electrons. The Balaban J connectivity index is 2.06. The quantitative estimate of drug-likeness (QED) is 0.679. The maximum Gasteiger partial charge on any atom is 0.194 e. The van der Waals surface area contributed by atoms with Crippen LogP contribution < -0.4 is 0 Å². The number of ketones is 1. The van der Waals surface area contributed by atoms with Gasteiger partial charge >= 0.3 is 0 Å². The number of nitrogens with zero attached hydrogens (tertiary/aromatic N) is 2. The van der Waals surface area contributed by atoms with Gasteiger partial charge < -0.3 is 0 Å². The van der Waals surface area contributed by atoms with Crippen molar-refractivity contribution in [1.82, 2.24) is 9.97 Å². The minimum atomic E-state index is -0.0421. The van der Waals surface area contributed by atoms with Crippen LogP contribution in [0.15, 0.2) is 59.5 Å². The van der Waals surface area contributed by atoms with Gasteiger partial charge in [0.25, 0.3) is 0 Å². The van der Waals surface area contributed by atoms with Crippen LogP contribution in [0.5, 0.6) is 0 Å². The Bertz CT molecular complexity index is 771. The number of hydrogen-bond acceptors (Lipinski definition) is 3. The highest BCUT2D eigenvalue weighted by atomic mass is 79.9. The van der Waals surface area contributed by atoms with Crippen molar-refractivity contribution in [2.24, 2.45) is 0 Å². The number of carbonyl (C=O) groups excluding carboxylic acids is 1. The molecule has 0 N–H and O–H groups in total. The van der Waals surface area contributed by atoms with Crippen LogP contribution in [0.3, 0.4) is 0 Å². The van der Waals surface area contributed by atoms with Gasteiger partial charge in [-0.15, -0.1) is 0 Å². The second-order valence-corrected chi connectivity index (χ2v) is 5.05. The molecule has 0 aliphatic rings. The van der Waals surface area contributed by atoms with Crippen LogP contribution in [-0.2, 0) is 0 Å². The molecule has 4 heteroatoms. The van der Waals surface area contributed by atoms with Gasteiger partial charge in [0.2, 0.25) is 0 Å². The van der Waals surface area contributed by atoms with Crippen LogP contribution in [0.25, 0.3) is 10.9 Å². The van der Waals surface area contributed by atoms with Gasteiger partial charge in [-0.2, -0.15) is 0 Å². The number of rotatable bonds is 2. The average molecular weight is 313 g/mol. The van der Waals surface area contributed by atoms with Crippen LogP contribution in [0.1, 0.15) is 15.9 Å². The van der Waals surface area contributed by atoms with Crippen LogP contribution in [0, 0.1) is 0 Å². The number of aromatic nitrogens is 2. The molecule has 92 valence electrons. The summed E-state index contributed by atoms with van der Waals surface area (Å²) < 4.78 is 0.792. The average Bonchev–Trinajstić information content (AvgIpc) is 2.46. The van der Waals surface area contributed by atoms with E-state index in [1.165, 1.54) is 0 Å². The van der Waals surface area contributed by atoms with E-state index in [1.807, 2.05) is 24.3 Å². The normalized spacial score (nSPS) is 10.6. The van der Waals surface area contributed by atoms with E-state index in [0.29, 0.717) is 11.1 Å². The van der Waals surface area contributed by atoms with Crippen LogP contribution in [0.2, 0.25) is 0 Å². The van der Waals surface area contributed by atoms with Gasteiger partial charge in [-0.3, -0.25) is 14.8 Å². The fourth-order valence-electron chi connectivity index (χ4n) is 1.92. The second-order valence-electron chi connectivity index (χ2n) is 4.13. The molecule has 0 amide bonds. The van der Waals surface area contributed by atoms with Crippen molar-refractivity contribution in [2.75, 3.05) is 0 Å². The van der Waals surface area contributed by atoms with Gasteiger partial charge in [0.05, 0.1) is 5.52 Å². The number of carbonyl (C=O) groups is 1.